The van der Waals surface area contributed by atoms with Gasteiger partial charge in [0.25, 0.3) is 5.69 Å². The number of sulfone groups is 1. The van der Waals surface area contributed by atoms with Gasteiger partial charge in [0.15, 0.2) is 9.84 Å². The number of nitro groups is 1. The molecule has 0 amide bonds. The van der Waals surface area contributed by atoms with Gasteiger partial charge in [0.05, 0.1) is 14.6 Å². The first kappa shape index (κ1) is 13.6. The Balaban J connectivity index is 3.22. The van der Waals surface area contributed by atoms with Gasteiger partial charge in [-0.15, -0.1) is 0 Å². The van der Waals surface area contributed by atoms with Crippen LogP contribution in [0.5, 0.6) is 0 Å². The molecule has 0 aromatic heterocycles. The zero-order valence-corrected chi connectivity index (χ0v) is 10.8. The SMILES string of the molecule is CCC(C)(C)S(=O)(=O)c1ccc([N+](=O)[O-])cc1. The van der Waals surface area contributed by atoms with Crippen LogP contribution in [-0.4, -0.2) is 18.1 Å². The van der Waals surface area contributed by atoms with Crippen LogP contribution in [-0.2, 0) is 9.84 Å². The summed E-state index contributed by atoms with van der Waals surface area (Å²) in [5.74, 6) is 0. The summed E-state index contributed by atoms with van der Waals surface area (Å²) in [6.07, 6.45) is 0.478. The summed E-state index contributed by atoms with van der Waals surface area (Å²) in [6, 6.07) is 4.98. The van der Waals surface area contributed by atoms with Gasteiger partial charge >= 0.3 is 0 Å². The van der Waals surface area contributed by atoms with Crippen LogP contribution in [0, 0.1) is 10.1 Å². The van der Waals surface area contributed by atoms with Gasteiger partial charge in [-0.2, -0.15) is 0 Å². The van der Waals surface area contributed by atoms with Crippen LogP contribution in [0.25, 0.3) is 0 Å². The van der Waals surface area contributed by atoms with Gasteiger partial charge in [0.2, 0.25) is 0 Å². The van der Waals surface area contributed by atoms with Gasteiger partial charge in [-0.3, -0.25) is 10.1 Å². The Kier molecular flexibility index (Phi) is 3.56. The Labute approximate surface area is 101 Å². The molecule has 0 N–H and O–H groups in total. The summed E-state index contributed by atoms with van der Waals surface area (Å²) < 4.78 is 23.5. The first-order chi connectivity index (χ1) is 7.72. The van der Waals surface area contributed by atoms with Gasteiger partial charge in [-0.25, -0.2) is 8.42 Å². The van der Waals surface area contributed by atoms with Crippen LogP contribution in [0.15, 0.2) is 29.2 Å². The largest absolute Gasteiger partial charge is 0.269 e. The molecule has 0 aliphatic carbocycles. The van der Waals surface area contributed by atoms with Crippen molar-refractivity contribution in [3.05, 3.63) is 34.4 Å². The molecule has 94 valence electrons. The minimum atomic E-state index is -3.45. The van der Waals surface area contributed by atoms with E-state index in [0.717, 1.165) is 0 Å². The quantitative estimate of drug-likeness (QED) is 0.613. The lowest BCUT2D eigenvalue weighted by atomic mass is 10.1. The fourth-order valence-corrected chi connectivity index (χ4v) is 2.77. The lowest BCUT2D eigenvalue weighted by Gasteiger charge is -2.22. The van der Waals surface area contributed by atoms with Gasteiger partial charge in [0, 0.05) is 12.1 Å². The number of hydrogen-bond acceptors (Lipinski definition) is 4. The van der Waals surface area contributed by atoms with E-state index in [0.29, 0.717) is 6.42 Å². The molecule has 0 saturated heterocycles. The second-order valence-corrected chi connectivity index (χ2v) is 6.95. The van der Waals surface area contributed by atoms with Crippen molar-refractivity contribution in [3.8, 4) is 0 Å². The molecule has 1 rings (SSSR count). The maximum absolute atomic E-state index is 12.2. The van der Waals surface area contributed by atoms with Gasteiger partial charge in [-0.1, -0.05) is 6.92 Å². The van der Waals surface area contributed by atoms with Crippen molar-refractivity contribution in [2.45, 2.75) is 36.8 Å². The molecule has 0 heterocycles. The van der Waals surface area contributed by atoms with E-state index in [1.165, 1.54) is 24.3 Å². The van der Waals surface area contributed by atoms with E-state index in [1.54, 1.807) is 20.8 Å². The molecule has 0 spiro atoms. The first-order valence-electron chi connectivity index (χ1n) is 5.21. The second-order valence-electron chi connectivity index (χ2n) is 4.37. The summed E-state index contributed by atoms with van der Waals surface area (Å²) in [5.41, 5.74) is -0.113. The van der Waals surface area contributed by atoms with E-state index in [4.69, 9.17) is 0 Å². The number of hydrogen-bond donors (Lipinski definition) is 0. The summed E-state index contributed by atoms with van der Waals surface area (Å²) in [5, 5.41) is 10.5. The van der Waals surface area contributed by atoms with Crippen molar-refractivity contribution < 1.29 is 13.3 Å². The van der Waals surface area contributed by atoms with Crippen molar-refractivity contribution >= 4 is 15.5 Å². The van der Waals surface area contributed by atoms with Gasteiger partial charge < -0.3 is 0 Å². The van der Waals surface area contributed by atoms with Crippen molar-refractivity contribution in [3.63, 3.8) is 0 Å². The van der Waals surface area contributed by atoms with E-state index >= 15 is 0 Å². The van der Waals surface area contributed by atoms with Crippen LogP contribution >= 0.6 is 0 Å². The normalized spacial score (nSPS) is 12.4. The third-order valence-corrected chi connectivity index (χ3v) is 5.57. The number of nitro benzene ring substituents is 1. The van der Waals surface area contributed by atoms with E-state index in [9.17, 15) is 18.5 Å². The summed E-state index contributed by atoms with van der Waals surface area (Å²) in [4.78, 5) is 10.0. The third-order valence-electron chi connectivity index (χ3n) is 2.94. The first-order valence-corrected chi connectivity index (χ1v) is 6.70. The monoisotopic (exact) mass is 257 g/mol. The fourth-order valence-electron chi connectivity index (χ4n) is 1.26. The smallest absolute Gasteiger partial charge is 0.258 e. The summed E-state index contributed by atoms with van der Waals surface area (Å²) >= 11 is 0. The Morgan fingerprint density at radius 2 is 1.71 bits per heavy atom. The van der Waals surface area contributed by atoms with Gasteiger partial charge in [0.1, 0.15) is 0 Å². The molecule has 0 saturated carbocycles. The second kappa shape index (κ2) is 4.44. The Hall–Kier alpha value is -1.43. The highest BCUT2D eigenvalue weighted by atomic mass is 32.2. The van der Waals surface area contributed by atoms with Crippen LogP contribution < -0.4 is 0 Å². The highest BCUT2D eigenvalue weighted by Gasteiger charge is 2.34. The van der Waals surface area contributed by atoms with Crippen LogP contribution in [0.3, 0.4) is 0 Å². The average Bonchev–Trinajstić information content (AvgIpc) is 2.28. The standard InChI is InChI=1S/C11H15NO4S/c1-4-11(2,3)17(15,16)10-7-5-9(6-8-10)12(13)14/h5-8H,4H2,1-3H3. The number of benzene rings is 1. The maximum Gasteiger partial charge on any atom is 0.269 e. The van der Waals surface area contributed by atoms with E-state index in [2.05, 4.69) is 0 Å². The maximum atomic E-state index is 12.2. The predicted octanol–water partition coefficient (Wildman–Crippen LogP) is 2.56. The van der Waals surface area contributed by atoms with Crippen LogP contribution in [0.4, 0.5) is 5.69 Å². The molecule has 1 aromatic rings. The van der Waals surface area contributed by atoms with Crippen molar-refractivity contribution in [2.24, 2.45) is 0 Å². The van der Waals surface area contributed by atoms with Crippen LogP contribution in [0.2, 0.25) is 0 Å². The molecule has 1 aromatic carbocycles. The van der Waals surface area contributed by atoms with Crippen molar-refractivity contribution in [1.29, 1.82) is 0 Å². The predicted molar refractivity (Wildman–Crippen MR) is 64.7 cm³/mol. The van der Waals surface area contributed by atoms with Gasteiger partial charge in [-0.05, 0) is 32.4 Å². The molecular weight excluding hydrogens is 242 g/mol. The molecule has 0 unspecified atom stereocenters. The Bertz CT molecular complexity index is 517. The Morgan fingerprint density at radius 3 is 2.06 bits per heavy atom. The lowest BCUT2D eigenvalue weighted by Crippen LogP contribution is -2.30. The number of nitrogens with zero attached hydrogens (tertiary/aromatic N) is 1. The average molecular weight is 257 g/mol. The number of rotatable bonds is 4. The molecular formula is C11H15NO4S. The minimum absolute atomic E-state index is 0.113. The molecule has 17 heavy (non-hydrogen) atoms. The lowest BCUT2D eigenvalue weighted by molar-refractivity contribution is -0.384. The minimum Gasteiger partial charge on any atom is -0.258 e. The highest BCUT2D eigenvalue weighted by molar-refractivity contribution is 7.92. The molecule has 0 aliphatic rings. The molecule has 0 atom stereocenters. The topological polar surface area (TPSA) is 77.3 Å². The van der Waals surface area contributed by atoms with Crippen LogP contribution in [0.1, 0.15) is 27.2 Å². The van der Waals surface area contributed by atoms with E-state index in [-0.39, 0.29) is 10.6 Å². The molecule has 0 fully saturated rings. The van der Waals surface area contributed by atoms with Crippen molar-refractivity contribution in [2.75, 3.05) is 0 Å². The molecule has 6 heteroatoms. The highest BCUT2D eigenvalue weighted by Crippen LogP contribution is 2.28. The zero-order valence-electron chi connectivity index (χ0n) is 10.0. The summed E-state index contributed by atoms with van der Waals surface area (Å²) in [6.45, 7) is 5.08. The fraction of sp³-hybridized carbons (Fsp3) is 0.455. The molecule has 0 bridgehead atoms. The zero-order chi connectivity index (χ0) is 13.3. The Morgan fingerprint density at radius 1 is 1.24 bits per heavy atom. The molecule has 0 radical (unpaired) electrons. The van der Waals surface area contributed by atoms with Crippen molar-refractivity contribution in [1.82, 2.24) is 0 Å². The van der Waals surface area contributed by atoms with E-state index < -0.39 is 19.5 Å². The van der Waals surface area contributed by atoms with E-state index in [1.807, 2.05) is 0 Å². The third kappa shape index (κ3) is 2.46. The molecule has 0 aliphatic heterocycles. The number of non-ortho nitro benzene ring substituents is 1. The molecule has 5 nitrogen and oxygen atoms in total. The summed E-state index contributed by atoms with van der Waals surface area (Å²) in [7, 11) is -3.45.